The van der Waals surface area contributed by atoms with Gasteiger partial charge in [-0.15, -0.1) is 0 Å². The standard InChI is InChI=1S/C30H21NS2/c1-3-10-22(11-4-1)23-18-20-25(21-19-23)31(24-12-5-2-6-13-24)26-14-9-17-29-30(26)33-28-16-8-7-15-27(28)32-29/h1-21H. The summed E-state index contributed by atoms with van der Waals surface area (Å²) >= 11 is 3.72. The molecule has 1 aliphatic heterocycles. The van der Waals surface area contributed by atoms with Gasteiger partial charge in [0.25, 0.3) is 0 Å². The van der Waals surface area contributed by atoms with Crippen molar-refractivity contribution in [1.82, 2.24) is 0 Å². The lowest BCUT2D eigenvalue weighted by Crippen LogP contribution is -2.11. The maximum atomic E-state index is 2.37. The summed E-state index contributed by atoms with van der Waals surface area (Å²) in [4.78, 5) is 7.62. The smallest absolute Gasteiger partial charge is 0.0612 e. The Balaban J connectivity index is 1.47. The van der Waals surface area contributed by atoms with Gasteiger partial charge in [-0.2, -0.15) is 0 Å². The van der Waals surface area contributed by atoms with E-state index >= 15 is 0 Å². The number of benzene rings is 5. The van der Waals surface area contributed by atoms with E-state index in [1.807, 2.05) is 23.5 Å². The first-order valence-corrected chi connectivity index (χ1v) is 12.6. The van der Waals surface area contributed by atoms with Crippen LogP contribution >= 0.6 is 23.5 Å². The summed E-state index contributed by atoms with van der Waals surface area (Å²) in [5.41, 5.74) is 5.97. The lowest BCUT2D eigenvalue weighted by molar-refractivity contribution is 1.12. The summed E-state index contributed by atoms with van der Waals surface area (Å²) < 4.78 is 0. The molecule has 5 aromatic rings. The van der Waals surface area contributed by atoms with E-state index in [4.69, 9.17) is 0 Å². The number of hydrogen-bond donors (Lipinski definition) is 0. The van der Waals surface area contributed by atoms with Gasteiger partial charge in [0.05, 0.1) is 10.6 Å². The Kier molecular flexibility index (Phi) is 5.43. The first-order valence-electron chi connectivity index (χ1n) is 11.0. The molecule has 0 spiro atoms. The lowest BCUT2D eigenvalue weighted by Gasteiger charge is -2.30. The van der Waals surface area contributed by atoms with Crippen LogP contribution in [0.4, 0.5) is 17.1 Å². The third-order valence-electron chi connectivity index (χ3n) is 5.73. The molecular formula is C30H21NS2. The largest absolute Gasteiger partial charge is 0.309 e. The van der Waals surface area contributed by atoms with Gasteiger partial charge in [-0.25, -0.2) is 0 Å². The minimum Gasteiger partial charge on any atom is -0.309 e. The molecule has 6 rings (SSSR count). The maximum Gasteiger partial charge on any atom is 0.0612 e. The molecule has 0 saturated heterocycles. The first kappa shape index (κ1) is 20.2. The van der Waals surface area contributed by atoms with Crippen LogP contribution in [0.5, 0.6) is 0 Å². The lowest BCUT2D eigenvalue weighted by atomic mass is 10.0. The van der Waals surface area contributed by atoms with E-state index in [0.717, 1.165) is 11.4 Å². The number of hydrogen-bond acceptors (Lipinski definition) is 3. The second-order valence-corrected chi connectivity index (χ2v) is 9.98. The molecule has 158 valence electrons. The Bertz CT molecular complexity index is 1400. The minimum absolute atomic E-state index is 1.15. The van der Waals surface area contributed by atoms with Crippen LogP contribution in [0.25, 0.3) is 11.1 Å². The highest BCUT2D eigenvalue weighted by atomic mass is 32.2. The van der Waals surface area contributed by atoms with Crippen LogP contribution in [-0.2, 0) is 0 Å². The third-order valence-corrected chi connectivity index (χ3v) is 8.33. The molecule has 0 fully saturated rings. The summed E-state index contributed by atoms with van der Waals surface area (Å²) in [6.07, 6.45) is 0. The molecule has 1 heterocycles. The zero-order valence-corrected chi connectivity index (χ0v) is 19.5. The van der Waals surface area contributed by atoms with Crippen LogP contribution in [0, 0.1) is 0 Å². The summed E-state index contributed by atoms with van der Waals surface area (Å²) in [6, 6.07) is 45.4. The fraction of sp³-hybridized carbons (Fsp3) is 0. The van der Waals surface area contributed by atoms with Crippen LogP contribution in [0.2, 0.25) is 0 Å². The number of nitrogens with zero attached hydrogens (tertiary/aromatic N) is 1. The molecular weight excluding hydrogens is 438 g/mol. The van der Waals surface area contributed by atoms with Gasteiger partial charge >= 0.3 is 0 Å². The van der Waals surface area contributed by atoms with Crippen LogP contribution in [-0.4, -0.2) is 0 Å². The molecule has 0 saturated carbocycles. The molecule has 0 aliphatic carbocycles. The summed E-state index contributed by atoms with van der Waals surface area (Å²) in [6.45, 7) is 0. The predicted molar refractivity (Wildman–Crippen MR) is 141 cm³/mol. The van der Waals surface area contributed by atoms with Crippen LogP contribution in [0.1, 0.15) is 0 Å². The van der Waals surface area contributed by atoms with Crippen molar-refractivity contribution in [1.29, 1.82) is 0 Å². The third kappa shape index (κ3) is 3.95. The van der Waals surface area contributed by atoms with Crippen LogP contribution in [0.15, 0.2) is 147 Å². The minimum atomic E-state index is 1.15. The van der Waals surface area contributed by atoms with E-state index in [1.165, 1.54) is 36.4 Å². The highest BCUT2D eigenvalue weighted by Gasteiger charge is 2.23. The van der Waals surface area contributed by atoms with Crippen molar-refractivity contribution in [3.8, 4) is 11.1 Å². The van der Waals surface area contributed by atoms with Crippen molar-refractivity contribution < 1.29 is 0 Å². The van der Waals surface area contributed by atoms with Crippen molar-refractivity contribution in [2.24, 2.45) is 0 Å². The van der Waals surface area contributed by atoms with Gasteiger partial charge in [-0.1, -0.05) is 102 Å². The zero-order valence-electron chi connectivity index (χ0n) is 17.9. The van der Waals surface area contributed by atoms with E-state index < -0.39 is 0 Å². The number of para-hydroxylation sites is 1. The van der Waals surface area contributed by atoms with Crippen molar-refractivity contribution in [3.63, 3.8) is 0 Å². The van der Waals surface area contributed by atoms with Crippen molar-refractivity contribution in [3.05, 3.63) is 127 Å². The molecule has 0 aromatic heterocycles. The van der Waals surface area contributed by atoms with Gasteiger partial charge in [0.15, 0.2) is 0 Å². The molecule has 1 aliphatic rings. The Morgan fingerprint density at radius 2 is 0.939 bits per heavy atom. The summed E-state index contributed by atoms with van der Waals surface area (Å²) in [5.74, 6) is 0. The first-order chi connectivity index (χ1) is 16.4. The molecule has 0 unspecified atom stereocenters. The van der Waals surface area contributed by atoms with Gasteiger partial charge in [-0.05, 0) is 59.7 Å². The average molecular weight is 460 g/mol. The highest BCUT2D eigenvalue weighted by molar-refractivity contribution is 8.05. The van der Waals surface area contributed by atoms with E-state index in [-0.39, 0.29) is 0 Å². The van der Waals surface area contributed by atoms with E-state index in [2.05, 4.69) is 132 Å². The normalized spacial score (nSPS) is 12.0. The van der Waals surface area contributed by atoms with Crippen molar-refractivity contribution >= 4 is 40.6 Å². The van der Waals surface area contributed by atoms with Crippen LogP contribution in [0.3, 0.4) is 0 Å². The Morgan fingerprint density at radius 3 is 1.67 bits per heavy atom. The second kappa shape index (κ2) is 8.86. The topological polar surface area (TPSA) is 3.24 Å². The molecule has 33 heavy (non-hydrogen) atoms. The number of rotatable bonds is 4. The Labute approximate surface area is 203 Å². The molecule has 0 radical (unpaired) electrons. The SMILES string of the molecule is c1ccc(-c2ccc(N(c3ccccc3)c3cccc4c3Sc3ccccc3S4)cc2)cc1. The highest BCUT2D eigenvalue weighted by Crippen LogP contribution is 2.53. The molecule has 5 aromatic carbocycles. The van der Waals surface area contributed by atoms with Crippen LogP contribution < -0.4 is 4.90 Å². The average Bonchev–Trinajstić information content (AvgIpc) is 2.89. The predicted octanol–water partition coefficient (Wildman–Crippen LogP) is 9.44. The molecule has 1 nitrogen and oxygen atoms in total. The van der Waals surface area contributed by atoms with Gasteiger partial charge < -0.3 is 4.90 Å². The maximum absolute atomic E-state index is 2.37. The monoisotopic (exact) mass is 459 g/mol. The van der Waals surface area contributed by atoms with Crippen molar-refractivity contribution in [2.75, 3.05) is 4.90 Å². The zero-order chi connectivity index (χ0) is 22.0. The molecule has 0 N–H and O–H groups in total. The summed E-state index contributed by atoms with van der Waals surface area (Å²) in [5, 5.41) is 0. The van der Waals surface area contributed by atoms with Gasteiger partial charge in [0.2, 0.25) is 0 Å². The van der Waals surface area contributed by atoms with Crippen molar-refractivity contribution in [2.45, 2.75) is 19.6 Å². The molecule has 3 heteroatoms. The molecule has 0 atom stereocenters. The molecule has 0 bridgehead atoms. The summed E-state index contributed by atoms with van der Waals surface area (Å²) in [7, 11) is 0. The number of anilines is 3. The molecule has 0 amide bonds. The van der Waals surface area contributed by atoms with Gasteiger partial charge in [0, 0.05) is 26.1 Å². The second-order valence-electron chi connectivity index (χ2n) is 7.84. The van der Waals surface area contributed by atoms with E-state index in [0.29, 0.717) is 0 Å². The Hall–Kier alpha value is -3.40. The number of fused-ring (bicyclic) bond motifs is 2. The van der Waals surface area contributed by atoms with E-state index in [9.17, 15) is 0 Å². The van der Waals surface area contributed by atoms with E-state index in [1.54, 1.807) is 0 Å². The van der Waals surface area contributed by atoms with Gasteiger partial charge in [-0.3, -0.25) is 0 Å². The Morgan fingerprint density at radius 1 is 0.394 bits per heavy atom. The van der Waals surface area contributed by atoms with Gasteiger partial charge in [0.1, 0.15) is 0 Å². The quantitative estimate of drug-likeness (QED) is 0.258. The fourth-order valence-corrected chi connectivity index (χ4v) is 6.51. The fourth-order valence-electron chi connectivity index (χ4n) is 4.15.